The Labute approximate surface area is 438 Å². The molecule has 6 aromatic rings. The summed E-state index contributed by atoms with van der Waals surface area (Å²) in [5.41, 5.74) is 9.85. The summed E-state index contributed by atoms with van der Waals surface area (Å²) in [4.78, 5) is 43.2. The van der Waals surface area contributed by atoms with Crippen molar-refractivity contribution < 1.29 is 19.1 Å². The van der Waals surface area contributed by atoms with Gasteiger partial charge in [-0.05, 0) is 103 Å². The van der Waals surface area contributed by atoms with Crippen LogP contribution in [0.15, 0.2) is 121 Å². The smallest absolute Gasteiger partial charge is 0.255 e. The Morgan fingerprint density at radius 3 is 0.946 bits per heavy atom. The average Bonchev–Trinajstić information content (AvgIpc) is 3.82. The van der Waals surface area contributed by atoms with E-state index in [0.717, 1.165) is 131 Å². The Bertz CT molecular complexity index is 2700. The molecule has 0 atom stereocenters. The molecule has 6 aromatic carbocycles. The van der Waals surface area contributed by atoms with E-state index in [4.69, 9.17) is 9.47 Å². The second kappa shape index (κ2) is 21.1. The monoisotopic (exact) mass is 995 g/mol. The van der Waals surface area contributed by atoms with E-state index in [2.05, 4.69) is 180 Å². The van der Waals surface area contributed by atoms with E-state index in [0.29, 0.717) is 50.4 Å². The number of amides is 2. The first-order valence-electron chi connectivity index (χ1n) is 27.4. The van der Waals surface area contributed by atoms with Crippen LogP contribution in [0.4, 0.5) is 22.7 Å². The number of hydrogen-bond acceptors (Lipinski definition) is 10. The Hall–Kier alpha value is -7.02. The summed E-state index contributed by atoms with van der Waals surface area (Å²) < 4.78 is 13.9. The fourth-order valence-corrected chi connectivity index (χ4v) is 12.6. The third-order valence-corrected chi connectivity index (χ3v) is 16.3. The number of carbonyl (C=O) groups is 2. The predicted octanol–water partition coefficient (Wildman–Crippen LogP) is 10.7. The van der Waals surface area contributed by atoms with Gasteiger partial charge >= 0.3 is 0 Å². The number of benzene rings is 6. The van der Waals surface area contributed by atoms with Crippen LogP contribution in [0.2, 0.25) is 0 Å². The third kappa shape index (κ3) is 8.03. The molecule has 2 N–H and O–H groups in total. The molecule has 2 spiro atoms. The fraction of sp³-hybridized carbons (Fsp3) is 0.387. The van der Waals surface area contributed by atoms with Crippen LogP contribution in [0.3, 0.4) is 0 Å². The van der Waals surface area contributed by atoms with Gasteiger partial charge in [-0.15, -0.1) is 0 Å². The van der Waals surface area contributed by atoms with Crippen LogP contribution in [-0.2, 0) is 11.1 Å². The lowest BCUT2D eigenvalue weighted by Crippen LogP contribution is -2.50. The summed E-state index contributed by atoms with van der Waals surface area (Å²) in [5, 5.41) is 7.37. The minimum Gasteiger partial charge on any atom is -0.456 e. The Balaban J connectivity index is 0.902. The van der Waals surface area contributed by atoms with Crippen molar-refractivity contribution in [3.05, 3.63) is 166 Å². The van der Waals surface area contributed by atoms with Crippen LogP contribution >= 0.6 is 0 Å². The summed E-state index contributed by atoms with van der Waals surface area (Å²) in [5.74, 6) is 3.10. The molecule has 12 heteroatoms. The molecule has 0 bridgehead atoms. The van der Waals surface area contributed by atoms with Crippen molar-refractivity contribution in [1.82, 2.24) is 20.4 Å². The van der Waals surface area contributed by atoms with Crippen LogP contribution in [0, 0.1) is 0 Å². The maximum atomic E-state index is 14.9. The van der Waals surface area contributed by atoms with Gasteiger partial charge in [0.05, 0.1) is 0 Å². The molecule has 0 fully saturated rings. The molecule has 0 aromatic heterocycles. The number of hydrogen-bond donors (Lipinski definition) is 2. The number of rotatable bonds is 21. The molecule has 4 aliphatic rings. The van der Waals surface area contributed by atoms with Gasteiger partial charge in [0.25, 0.3) is 11.8 Å². The molecule has 4 heterocycles. The Morgan fingerprint density at radius 2 is 0.662 bits per heavy atom. The second-order valence-corrected chi connectivity index (χ2v) is 19.5. The van der Waals surface area contributed by atoms with E-state index < -0.39 is 11.1 Å². The van der Waals surface area contributed by atoms with Crippen molar-refractivity contribution in [3.8, 4) is 23.0 Å². The lowest BCUT2D eigenvalue weighted by molar-refractivity contribution is 0.0658. The number of fused-ring (bicyclic) bond motifs is 12. The van der Waals surface area contributed by atoms with E-state index in [1.165, 1.54) is 0 Å². The summed E-state index contributed by atoms with van der Waals surface area (Å²) in [6, 6.07) is 42.3. The number of anilines is 4. The first-order valence-corrected chi connectivity index (χ1v) is 27.4. The van der Waals surface area contributed by atoms with Gasteiger partial charge in [-0.3, -0.25) is 9.59 Å². The molecule has 0 radical (unpaired) electrons. The van der Waals surface area contributed by atoms with Crippen LogP contribution in [0.25, 0.3) is 0 Å². The lowest BCUT2D eigenvalue weighted by atomic mass is 9.74. The quantitative estimate of drug-likeness (QED) is 0.0679. The zero-order valence-corrected chi connectivity index (χ0v) is 44.8. The van der Waals surface area contributed by atoms with Crippen molar-refractivity contribution in [3.63, 3.8) is 0 Å². The Morgan fingerprint density at radius 1 is 0.378 bits per heavy atom. The molecular formula is C62H74N8O4. The standard InChI is InChI=1S/C62H74N8O4/c1-9-65(10-2)43-25-29-51-55(39-43)73-56-40-44(66(11-3)12-4)26-30-52(56)61(51)49-23-19-17-21-47(49)59(71)69(61)37-35-63-33-34-64-36-38-70-60(72)48-22-18-20-24-50(48)62(70)53-31-27-45(67(13-5)14-6)41-57(53)74-58-42-46(28-32-54(58)62)68(15-7)16-8/h17-32,39-42,63-64H,9-16,33-38H2,1-8H3. The molecular weight excluding hydrogens is 921 g/mol. The van der Waals surface area contributed by atoms with Gasteiger partial charge in [-0.2, -0.15) is 0 Å². The van der Waals surface area contributed by atoms with Gasteiger partial charge < -0.3 is 49.5 Å². The highest BCUT2D eigenvalue weighted by atomic mass is 16.5. The molecule has 0 unspecified atom stereocenters. The van der Waals surface area contributed by atoms with Crippen molar-refractivity contribution >= 4 is 34.6 Å². The average molecular weight is 995 g/mol. The van der Waals surface area contributed by atoms with Crippen LogP contribution in [0.5, 0.6) is 23.0 Å². The minimum absolute atomic E-state index is 0.00924. The van der Waals surface area contributed by atoms with Gasteiger partial charge in [0.15, 0.2) is 0 Å². The SMILES string of the molecule is CCN(CC)c1ccc2c(c1)Oc1cc(N(CC)CC)ccc1C21c2ccccc2C(=O)N1CCNCCNCCN1C(=O)c2ccccc2C12c1ccc(N(CC)CC)cc1Oc1cc(N(CC)CC)ccc12. The van der Waals surface area contributed by atoms with Crippen LogP contribution < -0.4 is 39.7 Å². The van der Waals surface area contributed by atoms with E-state index >= 15 is 0 Å². The van der Waals surface area contributed by atoms with Crippen molar-refractivity contribution in [1.29, 1.82) is 0 Å². The molecule has 0 saturated heterocycles. The lowest BCUT2D eigenvalue weighted by Gasteiger charge is -2.45. The third-order valence-electron chi connectivity index (χ3n) is 16.3. The van der Waals surface area contributed by atoms with E-state index in [1.54, 1.807) is 0 Å². The fourth-order valence-electron chi connectivity index (χ4n) is 12.6. The van der Waals surface area contributed by atoms with Gasteiger partial charge in [-0.1, -0.05) is 60.7 Å². The van der Waals surface area contributed by atoms with Crippen LogP contribution in [0.1, 0.15) is 109 Å². The summed E-state index contributed by atoms with van der Waals surface area (Å²) >= 11 is 0. The highest BCUT2D eigenvalue weighted by Gasteiger charge is 2.57. The number of nitrogens with zero attached hydrogens (tertiary/aromatic N) is 6. The topological polar surface area (TPSA) is 96.1 Å². The predicted molar refractivity (Wildman–Crippen MR) is 301 cm³/mol. The van der Waals surface area contributed by atoms with Gasteiger partial charge in [0.2, 0.25) is 0 Å². The molecule has 10 rings (SSSR count). The normalized spacial score (nSPS) is 15.0. The zero-order valence-electron chi connectivity index (χ0n) is 44.8. The summed E-state index contributed by atoms with van der Waals surface area (Å²) in [6.45, 7) is 27.8. The maximum absolute atomic E-state index is 14.9. The number of nitrogens with one attached hydrogen (secondary N) is 2. The minimum atomic E-state index is -0.892. The first-order chi connectivity index (χ1) is 36.2. The highest BCUT2D eigenvalue weighted by Crippen LogP contribution is 2.60. The van der Waals surface area contributed by atoms with E-state index in [1.807, 2.05) is 36.4 Å². The first kappa shape index (κ1) is 50.5. The van der Waals surface area contributed by atoms with Gasteiger partial charge in [0, 0.05) is 172 Å². The van der Waals surface area contributed by atoms with Gasteiger partial charge in [-0.25, -0.2) is 0 Å². The van der Waals surface area contributed by atoms with Crippen molar-refractivity contribution in [2.75, 3.05) is 111 Å². The highest BCUT2D eigenvalue weighted by molar-refractivity contribution is 6.03. The molecule has 0 aliphatic carbocycles. The summed E-state index contributed by atoms with van der Waals surface area (Å²) in [6.07, 6.45) is 0. The molecule has 12 nitrogen and oxygen atoms in total. The molecule has 2 amide bonds. The zero-order chi connectivity index (χ0) is 51.7. The van der Waals surface area contributed by atoms with E-state index in [9.17, 15) is 9.59 Å². The maximum Gasteiger partial charge on any atom is 0.255 e. The molecule has 0 saturated carbocycles. The summed E-state index contributed by atoms with van der Waals surface area (Å²) in [7, 11) is 0. The van der Waals surface area contributed by atoms with E-state index in [-0.39, 0.29) is 11.8 Å². The number of carbonyl (C=O) groups excluding carboxylic acids is 2. The van der Waals surface area contributed by atoms with Crippen LogP contribution in [-0.4, -0.2) is 113 Å². The van der Waals surface area contributed by atoms with Crippen molar-refractivity contribution in [2.24, 2.45) is 0 Å². The second-order valence-electron chi connectivity index (χ2n) is 19.5. The largest absolute Gasteiger partial charge is 0.456 e. The number of ether oxygens (including phenoxy) is 2. The molecule has 4 aliphatic heterocycles. The molecule has 386 valence electrons. The Kier molecular flexibility index (Phi) is 14.4. The van der Waals surface area contributed by atoms with Crippen molar-refractivity contribution in [2.45, 2.75) is 66.5 Å². The molecule has 74 heavy (non-hydrogen) atoms. The van der Waals surface area contributed by atoms with Gasteiger partial charge in [0.1, 0.15) is 34.1 Å².